The molecule has 2 N–H and O–H groups in total. The maximum absolute atomic E-state index is 6.25. The van der Waals surface area contributed by atoms with Crippen molar-refractivity contribution in [2.45, 2.75) is 19.4 Å². The zero-order valence-electron chi connectivity index (χ0n) is 10.1. The van der Waals surface area contributed by atoms with Gasteiger partial charge in [0, 0.05) is 40.5 Å². The first-order valence-electron chi connectivity index (χ1n) is 5.88. The molecule has 0 bridgehead atoms. The van der Waals surface area contributed by atoms with Gasteiger partial charge in [-0.05, 0) is 18.7 Å². The SMILES string of the molecule is CCNC(Cc1ncc[nH]1)c1c(Cl)cccc1Cl. The highest BCUT2D eigenvalue weighted by molar-refractivity contribution is 6.36. The highest BCUT2D eigenvalue weighted by atomic mass is 35.5. The van der Waals surface area contributed by atoms with Gasteiger partial charge >= 0.3 is 0 Å². The van der Waals surface area contributed by atoms with E-state index in [-0.39, 0.29) is 6.04 Å². The van der Waals surface area contributed by atoms with Gasteiger partial charge in [0.15, 0.2) is 0 Å². The number of halogens is 2. The minimum atomic E-state index is 0.0577. The first-order chi connectivity index (χ1) is 8.72. The van der Waals surface area contributed by atoms with Gasteiger partial charge in [-0.15, -0.1) is 0 Å². The number of aromatic nitrogens is 2. The lowest BCUT2D eigenvalue weighted by molar-refractivity contribution is 0.539. The largest absolute Gasteiger partial charge is 0.349 e. The molecule has 0 fully saturated rings. The number of likely N-dealkylation sites (N-methyl/N-ethyl adjacent to an activating group) is 1. The standard InChI is InChI=1S/C13H15Cl2N3/c1-2-16-11(8-12-17-6-7-18-12)13-9(14)4-3-5-10(13)15/h3-7,11,16H,2,8H2,1H3,(H,17,18). The lowest BCUT2D eigenvalue weighted by Gasteiger charge is -2.19. The molecule has 0 saturated heterocycles. The third-order valence-corrected chi connectivity index (χ3v) is 3.41. The van der Waals surface area contributed by atoms with Gasteiger partial charge in [0.25, 0.3) is 0 Å². The summed E-state index contributed by atoms with van der Waals surface area (Å²) in [7, 11) is 0. The van der Waals surface area contributed by atoms with Crippen LogP contribution in [0.1, 0.15) is 24.4 Å². The molecule has 0 aliphatic carbocycles. The normalized spacial score (nSPS) is 12.6. The van der Waals surface area contributed by atoms with Crippen molar-refractivity contribution in [1.29, 1.82) is 0 Å². The molecule has 2 aromatic rings. The smallest absolute Gasteiger partial charge is 0.107 e. The zero-order chi connectivity index (χ0) is 13.0. The Labute approximate surface area is 117 Å². The molecule has 0 saturated carbocycles. The van der Waals surface area contributed by atoms with Gasteiger partial charge in [-0.25, -0.2) is 4.98 Å². The Hall–Kier alpha value is -1.03. The highest BCUT2D eigenvalue weighted by Gasteiger charge is 2.18. The molecular weight excluding hydrogens is 269 g/mol. The number of hydrogen-bond acceptors (Lipinski definition) is 2. The summed E-state index contributed by atoms with van der Waals surface area (Å²) in [6, 6.07) is 5.62. The van der Waals surface area contributed by atoms with Crippen LogP contribution in [-0.2, 0) is 6.42 Å². The quantitative estimate of drug-likeness (QED) is 0.880. The van der Waals surface area contributed by atoms with E-state index in [2.05, 4.69) is 22.2 Å². The number of H-pyrrole nitrogens is 1. The Balaban J connectivity index is 2.29. The second-order valence-electron chi connectivity index (χ2n) is 3.99. The molecule has 0 aliphatic heterocycles. The first kappa shape index (κ1) is 13.4. The number of hydrogen-bond donors (Lipinski definition) is 2. The van der Waals surface area contributed by atoms with Gasteiger partial charge in [0.2, 0.25) is 0 Å². The van der Waals surface area contributed by atoms with E-state index in [1.54, 1.807) is 6.20 Å². The number of benzene rings is 1. The predicted octanol–water partition coefficient (Wildman–Crippen LogP) is 3.61. The molecule has 1 heterocycles. The first-order valence-corrected chi connectivity index (χ1v) is 6.63. The molecule has 2 rings (SSSR count). The molecule has 3 nitrogen and oxygen atoms in total. The summed E-state index contributed by atoms with van der Waals surface area (Å²) in [4.78, 5) is 7.34. The lowest BCUT2D eigenvalue weighted by atomic mass is 10.0. The number of nitrogens with zero attached hydrogens (tertiary/aromatic N) is 1. The molecule has 96 valence electrons. The Bertz CT molecular complexity index is 477. The van der Waals surface area contributed by atoms with E-state index in [1.807, 2.05) is 24.4 Å². The lowest BCUT2D eigenvalue weighted by Crippen LogP contribution is -2.24. The highest BCUT2D eigenvalue weighted by Crippen LogP contribution is 2.31. The molecule has 1 aromatic heterocycles. The van der Waals surface area contributed by atoms with Crippen LogP contribution >= 0.6 is 23.2 Å². The van der Waals surface area contributed by atoms with Crippen molar-refractivity contribution in [2.24, 2.45) is 0 Å². The fourth-order valence-electron chi connectivity index (χ4n) is 1.97. The summed E-state index contributed by atoms with van der Waals surface area (Å²) in [5.41, 5.74) is 0.930. The molecule has 0 spiro atoms. The van der Waals surface area contributed by atoms with Crippen LogP contribution in [0.2, 0.25) is 10.0 Å². The van der Waals surface area contributed by atoms with Crippen molar-refractivity contribution in [3.8, 4) is 0 Å². The van der Waals surface area contributed by atoms with Gasteiger partial charge in [-0.2, -0.15) is 0 Å². The Morgan fingerprint density at radius 1 is 1.33 bits per heavy atom. The monoisotopic (exact) mass is 283 g/mol. The topological polar surface area (TPSA) is 40.7 Å². The fourth-order valence-corrected chi connectivity index (χ4v) is 2.63. The molecule has 0 aliphatic rings. The number of aromatic amines is 1. The van der Waals surface area contributed by atoms with E-state index in [0.717, 1.165) is 24.4 Å². The Kier molecular flexibility index (Phi) is 4.64. The summed E-state index contributed by atoms with van der Waals surface area (Å²) >= 11 is 12.5. The molecule has 0 amide bonds. The number of nitrogens with one attached hydrogen (secondary N) is 2. The Morgan fingerprint density at radius 2 is 2.06 bits per heavy atom. The third kappa shape index (κ3) is 3.05. The van der Waals surface area contributed by atoms with E-state index in [1.165, 1.54) is 0 Å². The van der Waals surface area contributed by atoms with Crippen molar-refractivity contribution >= 4 is 23.2 Å². The molecule has 1 atom stereocenters. The van der Waals surface area contributed by atoms with Gasteiger partial charge in [0.05, 0.1) is 0 Å². The van der Waals surface area contributed by atoms with E-state index in [0.29, 0.717) is 10.0 Å². The van der Waals surface area contributed by atoms with Gasteiger partial charge in [0.1, 0.15) is 5.82 Å². The second-order valence-corrected chi connectivity index (χ2v) is 4.80. The van der Waals surface area contributed by atoms with E-state index in [9.17, 15) is 0 Å². The molecule has 5 heteroatoms. The van der Waals surface area contributed by atoms with Crippen molar-refractivity contribution in [3.05, 3.63) is 52.0 Å². The summed E-state index contributed by atoms with van der Waals surface area (Å²) in [6.45, 7) is 2.90. The van der Waals surface area contributed by atoms with Crippen LogP contribution in [0, 0.1) is 0 Å². The minimum Gasteiger partial charge on any atom is -0.349 e. The average Bonchev–Trinajstić information content (AvgIpc) is 2.82. The van der Waals surface area contributed by atoms with Crippen molar-refractivity contribution in [1.82, 2.24) is 15.3 Å². The van der Waals surface area contributed by atoms with E-state index >= 15 is 0 Å². The summed E-state index contributed by atoms with van der Waals surface area (Å²) in [5, 5.41) is 4.75. The van der Waals surface area contributed by atoms with E-state index in [4.69, 9.17) is 23.2 Å². The van der Waals surface area contributed by atoms with Gasteiger partial charge in [-0.1, -0.05) is 36.2 Å². The van der Waals surface area contributed by atoms with Gasteiger partial charge < -0.3 is 10.3 Å². The van der Waals surface area contributed by atoms with Crippen LogP contribution in [-0.4, -0.2) is 16.5 Å². The number of rotatable bonds is 5. The van der Waals surface area contributed by atoms with Crippen LogP contribution in [0.4, 0.5) is 0 Å². The van der Waals surface area contributed by atoms with Crippen molar-refractivity contribution in [3.63, 3.8) is 0 Å². The van der Waals surface area contributed by atoms with Crippen LogP contribution < -0.4 is 5.32 Å². The van der Waals surface area contributed by atoms with E-state index < -0.39 is 0 Å². The average molecular weight is 284 g/mol. The molecule has 1 unspecified atom stereocenters. The molecule has 0 radical (unpaired) electrons. The van der Waals surface area contributed by atoms with Crippen LogP contribution in [0.5, 0.6) is 0 Å². The second kappa shape index (κ2) is 6.23. The summed E-state index contributed by atoms with van der Waals surface area (Å²) in [5.74, 6) is 0.914. The van der Waals surface area contributed by atoms with Gasteiger partial charge in [-0.3, -0.25) is 0 Å². The van der Waals surface area contributed by atoms with Crippen LogP contribution in [0.25, 0.3) is 0 Å². The number of imidazole rings is 1. The van der Waals surface area contributed by atoms with Crippen molar-refractivity contribution < 1.29 is 0 Å². The molecule has 18 heavy (non-hydrogen) atoms. The summed E-state index contributed by atoms with van der Waals surface area (Å²) in [6.07, 6.45) is 4.28. The fraction of sp³-hybridized carbons (Fsp3) is 0.308. The molecule has 1 aromatic carbocycles. The third-order valence-electron chi connectivity index (χ3n) is 2.75. The maximum Gasteiger partial charge on any atom is 0.107 e. The maximum atomic E-state index is 6.25. The summed E-state index contributed by atoms with van der Waals surface area (Å²) < 4.78 is 0. The van der Waals surface area contributed by atoms with Crippen LogP contribution in [0.3, 0.4) is 0 Å². The molecular formula is C13H15Cl2N3. The minimum absolute atomic E-state index is 0.0577. The van der Waals surface area contributed by atoms with Crippen LogP contribution in [0.15, 0.2) is 30.6 Å². The predicted molar refractivity (Wildman–Crippen MR) is 75.2 cm³/mol. The Morgan fingerprint density at radius 3 is 2.61 bits per heavy atom. The zero-order valence-corrected chi connectivity index (χ0v) is 11.6. The van der Waals surface area contributed by atoms with Crippen molar-refractivity contribution in [2.75, 3.05) is 6.54 Å².